The van der Waals surface area contributed by atoms with Gasteiger partial charge >= 0.3 is 0 Å². The van der Waals surface area contributed by atoms with E-state index in [9.17, 15) is 13.2 Å². The third-order valence-corrected chi connectivity index (χ3v) is 3.99. The molecular formula is C9H14N4O3S. The maximum atomic E-state index is 11.8. The molecule has 17 heavy (non-hydrogen) atoms. The minimum Gasteiger partial charge on any atom is -0.398 e. The molecule has 0 saturated carbocycles. The fourth-order valence-corrected chi connectivity index (χ4v) is 2.11. The summed E-state index contributed by atoms with van der Waals surface area (Å²) in [5, 5.41) is 0. The van der Waals surface area contributed by atoms with Crippen LogP contribution in [0, 0.1) is 0 Å². The number of nitrogen functional groups attached to an aromatic ring is 2. The van der Waals surface area contributed by atoms with Gasteiger partial charge in [-0.05, 0) is 18.2 Å². The van der Waals surface area contributed by atoms with Gasteiger partial charge in [0.05, 0.1) is 10.5 Å². The molecule has 0 bridgehead atoms. The van der Waals surface area contributed by atoms with E-state index in [2.05, 4.69) is 0 Å². The van der Waals surface area contributed by atoms with Crippen molar-refractivity contribution in [1.82, 2.24) is 9.73 Å². The molecule has 1 aromatic carbocycles. The van der Waals surface area contributed by atoms with Crippen LogP contribution in [0.4, 0.5) is 5.69 Å². The van der Waals surface area contributed by atoms with Crippen LogP contribution in [0.25, 0.3) is 0 Å². The molecule has 0 unspecified atom stereocenters. The number of rotatable bonds is 3. The number of carbonyl (C=O) groups is 1. The predicted molar refractivity (Wildman–Crippen MR) is 63.4 cm³/mol. The molecule has 0 atom stereocenters. The summed E-state index contributed by atoms with van der Waals surface area (Å²) < 4.78 is 24.7. The first-order chi connectivity index (χ1) is 7.80. The summed E-state index contributed by atoms with van der Waals surface area (Å²) in [5.74, 6) is 4.34. The van der Waals surface area contributed by atoms with Gasteiger partial charge in [-0.2, -0.15) is 0 Å². The summed E-state index contributed by atoms with van der Waals surface area (Å²) in [6, 6.07) is 3.87. The van der Waals surface area contributed by atoms with Crippen molar-refractivity contribution in [3.63, 3.8) is 0 Å². The zero-order valence-electron chi connectivity index (χ0n) is 9.47. The average molecular weight is 258 g/mol. The highest BCUT2D eigenvalue weighted by Gasteiger charge is 2.20. The summed E-state index contributed by atoms with van der Waals surface area (Å²) in [4.78, 5) is 11.3. The Kier molecular flexibility index (Phi) is 3.71. The molecule has 0 saturated heterocycles. The summed E-state index contributed by atoms with van der Waals surface area (Å²) in [6.07, 6.45) is 0. The summed E-state index contributed by atoms with van der Waals surface area (Å²) in [6.45, 7) is 0. The number of benzene rings is 1. The van der Waals surface area contributed by atoms with Crippen LogP contribution in [0.3, 0.4) is 0 Å². The van der Waals surface area contributed by atoms with Crippen LogP contribution >= 0.6 is 0 Å². The number of amides is 1. The van der Waals surface area contributed by atoms with E-state index < -0.39 is 15.9 Å². The number of nitrogens with two attached hydrogens (primary N) is 2. The normalized spacial score (nSPS) is 11.5. The minimum atomic E-state index is -3.60. The number of anilines is 1. The zero-order valence-corrected chi connectivity index (χ0v) is 10.3. The number of carbonyl (C=O) groups excluding carboxylic acids is 1. The van der Waals surface area contributed by atoms with Crippen LogP contribution in [-0.2, 0) is 10.0 Å². The number of sulfonamides is 1. The molecule has 0 aromatic heterocycles. The van der Waals surface area contributed by atoms with Gasteiger partial charge in [-0.25, -0.2) is 18.6 Å². The van der Waals surface area contributed by atoms with E-state index >= 15 is 0 Å². The van der Waals surface area contributed by atoms with Crippen molar-refractivity contribution >= 4 is 21.6 Å². The van der Waals surface area contributed by atoms with E-state index in [4.69, 9.17) is 11.6 Å². The molecular weight excluding hydrogens is 244 g/mol. The molecule has 8 heteroatoms. The lowest BCUT2D eigenvalue weighted by Gasteiger charge is -2.13. The van der Waals surface area contributed by atoms with E-state index in [0.29, 0.717) is 0 Å². The Morgan fingerprint density at radius 3 is 2.41 bits per heavy atom. The second-order valence-electron chi connectivity index (χ2n) is 3.51. The molecule has 1 aromatic rings. The van der Waals surface area contributed by atoms with Gasteiger partial charge in [0, 0.05) is 19.8 Å². The Labute approximate surface area is 99.4 Å². The molecule has 94 valence electrons. The number of nitrogens with one attached hydrogen (secondary N) is 1. The fraction of sp³-hybridized carbons (Fsp3) is 0.222. The van der Waals surface area contributed by atoms with E-state index in [0.717, 1.165) is 4.31 Å². The molecule has 0 radical (unpaired) electrons. The number of hydrogen-bond acceptors (Lipinski definition) is 5. The smallest absolute Gasteiger partial charge is 0.267 e. The Morgan fingerprint density at radius 2 is 1.94 bits per heavy atom. The first kappa shape index (κ1) is 13.4. The van der Waals surface area contributed by atoms with E-state index in [1.807, 2.05) is 5.43 Å². The predicted octanol–water partition coefficient (Wildman–Crippen LogP) is -0.877. The van der Waals surface area contributed by atoms with Crippen LogP contribution in [0.5, 0.6) is 0 Å². The van der Waals surface area contributed by atoms with Crippen molar-refractivity contribution in [3.8, 4) is 0 Å². The Balaban J connectivity index is 3.37. The summed E-state index contributed by atoms with van der Waals surface area (Å²) in [5.41, 5.74) is 7.64. The van der Waals surface area contributed by atoms with Crippen molar-refractivity contribution < 1.29 is 13.2 Å². The quantitative estimate of drug-likeness (QED) is 0.281. The molecule has 0 aliphatic heterocycles. The van der Waals surface area contributed by atoms with E-state index in [-0.39, 0.29) is 16.1 Å². The Morgan fingerprint density at radius 1 is 1.35 bits per heavy atom. The highest BCUT2D eigenvalue weighted by molar-refractivity contribution is 7.89. The maximum absolute atomic E-state index is 11.8. The molecule has 1 rings (SSSR count). The van der Waals surface area contributed by atoms with Gasteiger partial charge in [-0.1, -0.05) is 0 Å². The highest BCUT2D eigenvalue weighted by atomic mass is 32.2. The lowest BCUT2D eigenvalue weighted by Crippen LogP contribution is -2.31. The van der Waals surface area contributed by atoms with E-state index in [1.54, 1.807) is 0 Å². The Bertz CT molecular complexity index is 539. The first-order valence-corrected chi connectivity index (χ1v) is 6.07. The summed E-state index contributed by atoms with van der Waals surface area (Å²) >= 11 is 0. The van der Waals surface area contributed by atoms with Crippen molar-refractivity contribution in [2.24, 2.45) is 5.84 Å². The highest BCUT2D eigenvalue weighted by Crippen LogP contribution is 2.19. The van der Waals surface area contributed by atoms with Gasteiger partial charge in [0.1, 0.15) is 0 Å². The van der Waals surface area contributed by atoms with Crippen LogP contribution < -0.4 is 17.0 Å². The van der Waals surface area contributed by atoms with Crippen LogP contribution in [0.2, 0.25) is 0 Å². The van der Waals surface area contributed by atoms with E-state index in [1.165, 1.54) is 32.3 Å². The number of hydrogen-bond donors (Lipinski definition) is 3. The van der Waals surface area contributed by atoms with Gasteiger partial charge in [-0.3, -0.25) is 10.2 Å². The largest absolute Gasteiger partial charge is 0.398 e. The molecule has 7 nitrogen and oxygen atoms in total. The SMILES string of the molecule is CN(C)S(=O)(=O)c1ccc(N)c(C(=O)NN)c1. The third-order valence-electron chi connectivity index (χ3n) is 2.18. The van der Waals surface area contributed by atoms with Crippen LogP contribution in [0.1, 0.15) is 10.4 Å². The second-order valence-corrected chi connectivity index (χ2v) is 5.66. The molecule has 1 amide bonds. The molecule has 0 aliphatic carbocycles. The van der Waals surface area contributed by atoms with Gasteiger partial charge < -0.3 is 5.73 Å². The van der Waals surface area contributed by atoms with Gasteiger partial charge in [0.15, 0.2) is 0 Å². The third kappa shape index (κ3) is 2.54. The number of hydrazine groups is 1. The van der Waals surface area contributed by atoms with Crippen LogP contribution in [-0.4, -0.2) is 32.7 Å². The molecule has 5 N–H and O–H groups in total. The first-order valence-electron chi connectivity index (χ1n) is 4.63. The van der Waals surface area contributed by atoms with Crippen molar-refractivity contribution in [1.29, 1.82) is 0 Å². The topological polar surface area (TPSA) is 119 Å². The van der Waals surface area contributed by atoms with Crippen molar-refractivity contribution in [3.05, 3.63) is 23.8 Å². The van der Waals surface area contributed by atoms with Crippen molar-refractivity contribution in [2.45, 2.75) is 4.90 Å². The minimum absolute atomic E-state index is 0.0182. The van der Waals surface area contributed by atoms with Gasteiger partial charge in [0.2, 0.25) is 10.0 Å². The molecule has 0 heterocycles. The lowest BCUT2D eigenvalue weighted by atomic mass is 10.2. The maximum Gasteiger partial charge on any atom is 0.267 e. The number of nitrogens with zero attached hydrogens (tertiary/aromatic N) is 1. The lowest BCUT2D eigenvalue weighted by molar-refractivity contribution is 0.0954. The Hall–Kier alpha value is -1.64. The molecule has 0 aliphatic rings. The van der Waals surface area contributed by atoms with Crippen LogP contribution in [0.15, 0.2) is 23.1 Å². The molecule has 0 spiro atoms. The standard InChI is InChI=1S/C9H14N4O3S/c1-13(2)17(15,16)6-3-4-8(10)7(5-6)9(14)12-11/h3-5H,10-11H2,1-2H3,(H,12,14). The van der Waals surface area contributed by atoms with Crippen molar-refractivity contribution in [2.75, 3.05) is 19.8 Å². The zero-order chi connectivity index (χ0) is 13.2. The van der Waals surface area contributed by atoms with Gasteiger partial charge in [0.25, 0.3) is 5.91 Å². The average Bonchev–Trinajstić information content (AvgIpc) is 2.28. The monoisotopic (exact) mass is 258 g/mol. The van der Waals surface area contributed by atoms with Gasteiger partial charge in [-0.15, -0.1) is 0 Å². The molecule has 0 fully saturated rings. The second kappa shape index (κ2) is 4.70. The summed E-state index contributed by atoms with van der Waals surface area (Å²) in [7, 11) is -0.807. The fourth-order valence-electron chi connectivity index (χ4n) is 1.18.